The number of methoxy groups -OCH3 is 1. The third kappa shape index (κ3) is 3.82. The van der Waals surface area contributed by atoms with Gasteiger partial charge in [-0.1, -0.05) is 24.3 Å². The number of carbonyl (C=O) groups is 4. The lowest BCUT2D eigenvalue weighted by molar-refractivity contribution is -0.156. The van der Waals surface area contributed by atoms with Crippen LogP contribution in [-0.2, 0) is 14.3 Å². The van der Waals surface area contributed by atoms with Crippen LogP contribution in [0.5, 0.6) is 5.75 Å². The molecule has 2 atom stereocenters. The van der Waals surface area contributed by atoms with E-state index in [2.05, 4.69) is 5.32 Å². The summed E-state index contributed by atoms with van der Waals surface area (Å²) in [4.78, 5) is 50.7. The number of nitrogens with one attached hydrogen (secondary N) is 1. The van der Waals surface area contributed by atoms with Crippen molar-refractivity contribution in [1.82, 2.24) is 4.90 Å². The highest BCUT2D eigenvalue weighted by Gasteiger charge is 2.41. The fourth-order valence-electron chi connectivity index (χ4n) is 2.97. The van der Waals surface area contributed by atoms with E-state index in [-0.39, 0.29) is 11.1 Å². The zero-order valence-electron chi connectivity index (χ0n) is 16.2. The molecule has 2 aromatic rings. The van der Waals surface area contributed by atoms with E-state index in [1.54, 1.807) is 36.4 Å². The summed E-state index contributed by atoms with van der Waals surface area (Å²) >= 11 is 0. The Hall–Kier alpha value is -3.68. The molecule has 29 heavy (non-hydrogen) atoms. The quantitative estimate of drug-likeness (QED) is 0.594. The molecule has 1 heterocycles. The third-order valence-corrected chi connectivity index (χ3v) is 4.58. The molecular formula is C21H20N2O6. The molecule has 1 aliphatic heterocycles. The summed E-state index contributed by atoms with van der Waals surface area (Å²) in [5, 5.41) is 2.62. The van der Waals surface area contributed by atoms with Crippen molar-refractivity contribution in [3.63, 3.8) is 0 Å². The van der Waals surface area contributed by atoms with Crippen LogP contribution in [0.1, 0.15) is 34.6 Å². The number of carbonyl (C=O) groups excluding carboxylic acids is 4. The molecule has 0 bridgehead atoms. The fourth-order valence-corrected chi connectivity index (χ4v) is 2.97. The normalized spacial score (nSPS) is 14.8. The van der Waals surface area contributed by atoms with Gasteiger partial charge in [0.15, 0.2) is 6.10 Å². The van der Waals surface area contributed by atoms with Crippen molar-refractivity contribution in [2.75, 3.05) is 12.4 Å². The van der Waals surface area contributed by atoms with E-state index in [4.69, 9.17) is 9.47 Å². The van der Waals surface area contributed by atoms with Gasteiger partial charge < -0.3 is 14.8 Å². The van der Waals surface area contributed by atoms with Gasteiger partial charge in [0.25, 0.3) is 17.7 Å². The van der Waals surface area contributed by atoms with Crippen LogP contribution in [0.4, 0.5) is 5.69 Å². The molecular weight excluding hydrogens is 376 g/mol. The number of hydrogen-bond acceptors (Lipinski definition) is 6. The van der Waals surface area contributed by atoms with Crippen LogP contribution in [-0.4, -0.2) is 47.8 Å². The lowest BCUT2D eigenvalue weighted by atomic mass is 10.1. The number of benzene rings is 2. The zero-order valence-corrected chi connectivity index (χ0v) is 16.2. The molecule has 0 fully saturated rings. The second kappa shape index (κ2) is 8.14. The summed E-state index contributed by atoms with van der Waals surface area (Å²) < 4.78 is 10.4. The Kier molecular flexibility index (Phi) is 5.63. The van der Waals surface area contributed by atoms with E-state index in [1.807, 2.05) is 0 Å². The highest BCUT2D eigenvalue weighted by Crippen LogP contribution is 2.25. The Morgan fingerprint density at radius 1 is 0.931 bits per heavy atom. The van der Waals surface area contributed by atoms with Crippen LogP contribution < -0.4 is 10.1 Å². The maximum Gasteiger partial charge on any atom is 0.329 e. The van der Waals surface area contributed by atoms with Crippen LogP contribution in [0, 0.1) is 0 Å². The highest BCUT2D eigenvalue weighted by atomic mass is 16.5. The Labute approximate surface area is 167 Å². The van der Waals surface area contributed by atoms with Crippen molar-refractivity contribution >= 4 is 29.4 Å². The summed E-state index contributed by atoms with van der Waals surface area (Å²) in [6, 6.07) is 11.9. The summed E-state index contributed by atoms with van der Waals surface area (Å²) in [5.74, 6) is -2.11. The number of imide groups is 1. The van der Waals surface area contributed by atoms with E-state index >= 15 is 0 Å². The van der Waals surface area contributed by atoms with Gasteiger partial charge in [-0.05, 0) is 38.1 Å². The van der Waals surface area contributed by atoms with Crippen molar-refractivity contribution < 1.29 is 28.7 Å². The minimum atomic E-state index is -1.18. The molecule has 0 spiro atoms. The first-order valence-corrected chi connectivity index (χ1v) is 8.96. The van der Waals surface area contributed by atoms with Gasteiger partial charge in [0.2, 0.25) is 0 Å². The second-order valence-corrected chi connectivity index (χ2v) is 6.47. The standard InChI is InChI=1S/C21H20N2O6/c1-12(23-19(25)14-8-4-5-9-15(14)20(23)26)21(27)29-13(2)18(24)22-16-10-6-7-11-17(16)28-3/h4-13H,1-3H3,(H,22,24)/t12-,13+/m0/s1. The fraction of sp³-hybridized carbons (Fsp3) is 0.238. The number of para-hydroxylation sites is 2. The predicted molar refractivity (Wildman–Crippen MR) is 104 cm³/mol. The maximum absolute atomic E-state index is 12.5. The second-order valence-electron chi connectivity index (χ2n) is 6.47. The number of hydrogen-bond donors (Lipinski definition) is 1. The van der Waals surface area contributed by atoms with Crippen molar-refractivity contribution in [3.05, 3.63) is 59.7 Å². The van der Waals surface area contributed by atoms with Gasteiger partial charge in [-0.25, -0.2) is 4.79 Å². The average molecular weight is 396 g/mol. The van der Waals surface area contributed by atoms with Crippen molar-refractivity contribution in [3.8, 4) is 5.75 Å². The topological polar surface area (TPSA) is 102 Å². The molecule has 2 aromatic carbocycles. The molecule has 150 valence electrons. The molecule has 0 saturated heterocycles. The number of nitrogens with zero attached hydrogens (tertiary/aromatic N) is 1. The van der Waals surface area contributed by atoms with E-state index in [0.29, 0.717) is 11.4 Å². The molecule has 8 nitrogen and oxygen atoms in total. The Morgan fingerprint density at radius 3 is 2.07 bits per heavy atom. The van der Waals surface area contributed by atoms with Gasteiger partial charge >= 0.3 is 5.97 Å². The van der Waals surface area contributed by atoms with Gasteiger partial charge in [0, 0.05) is 0 Å². The first kappa shape index (κ1) is 20.1. The smallest absolute Gasteiger partial charge is 0.329 e. The van der Waals surface area contributed by atoms with Gasteiger partial charge in [-0.3, -0.25) is 19.3 Å². The summed E-state index contributed by atoms with van der Waals surface area (Å²) in [6.07, 6.45) is -1.15. The zero-order chi connectivity index (χ0) is 21.1. The molecule has 3 amide bonds. The summed E-state index contributed by atoms with van der Waals surface area (Å²) in [7, 11) is 1.47. The molecule has 0 saturated carbocycles. The first-order valence-electron chi connectivity index (χ1n) is 8.96. The number of fused-ring (bicyclic) bond motifs is 1. The van der Waals surface area contributed by atoms with E-state index < -0.39 is 35.8 Å². The summed E-state index contributed by atoms with van der Waals surface area (Å²) in [5.41, 5.74) is 0.898. The third-order valence-electron chi connectivity index (χ3n) is 4.58. The molecule has 1 aliphatic rings. The van der Waals surface area contributed by atoms with Crippen LogP contribution in [0.25, 0.3) is 0 Å². The largest absolute Gasteiger partial charge is 0.495 e. The van der Waals surface area contributed by atoms with Gasteiger partial charge in [-0.2, -0.15) is 0 Å². The maximum atomic E-state index is 12.5. The predicted octanol–water partition coefficient (Wildman–Crippen LogP) is 2.25. The van der Waals surface area contributed by atoms with Crippen molar-refractivity contribution in [1.29, 1.82) is 0 Å². The number of ether oxygens (including phenoxy) is 2. The van der Waals surface area contributed by atoms with Gasteiger partial charge in [0.05, 0.1) is 23.9 Å². The van der Waals surface area contributed by atoms with E-state index in [1.165, 1.54) is 33.1 Å². The van der Waals surface area contributed by atoms with Crippen LogP contribution in [0.3, 0.4) is 0 Å². The molecule has 3 rings (SSSR count). The SMILES string of the molecule is COc1ccccc1NC(=O)[C@@H](C)OC(=O)[C@H](C)N1C(=O)c2ccccc2C1=O. The molecule has 1 N–H and O–H groups in total. The molecule has 8 heteroatoms. The van der Waals surface area contributed by atoms with Crippen molar-refractivity contribution in [2.45, 2.75) is 26.0 Å². The molecule has 0 radical (unpaired) electrons. The van der Waals surface area contributed by atoms with Crippen LogP contribution in [0.15, 0.2) is 48.5 Å². The molecule has 0 unspecified atom stereocenters. The first-order chi connectivity index (χ1) is 13.8. The Bertz CT molecular complexity index is 952. The van der Waals surface area contributed by atoms with Crippen LogP contribution >= 0.6 is 0 Å². The van der Waals surface area contributed by atoms with Crippen LogP contribution in [0.2, 0.25) is 0 Å². The molecule has 0 aromatic heterocycles. The Balaban J connectivity index is 1.66. The lowest BCUT2D eigenvalue weighted by Crippen LogP contribution is -2.45. The van der Waals surface area contributed by atoms with Gasteiger partial charge in [-0.15, -0.1) is 0 Å². The van der Waals surface area contributed by atoms with E-state index in [0.717, 1.165) is 4.90 Å². The number of anilines is 1. The number of esters is 1. The highest BCUT2D eigenvalue weighted by molar-refractivity contribution is 6.22. The monoisotopic (exact) mass is 396 g/mol. The minimum Gasteiger partial charge on any atom is -0.495 e. The number of amides is 3. The van der Waals surface area contributed by atoms with Gasteiger partial charge in [0.1, 0.15) is 11.8 Å². The van der Waals surface area contributed by atoms with Crippen molar-refractivity contribution in [2.24, 2.45) is 0 Å². The molecule has 0 aliphatic carbocycles. The average Bonchev–Trinajstić information content (AvgIpc) is 2.98. The lowest BCUT2D eigenvalue weighted by Gasteiger charge is -2.23. The Morgan fingerprint density at radius 2 is 1.48 bits per heavy atom. The number of rotatable bonds is 6. The minimum absolute atomic E-state index is 0.235. The summed E-state index contributed by atoms with van der Waals surface area (Å²) in [6.45, 7) is 2.78. The van der Waals surface area contributed by atoms with E-state index in [9.17, 15) is 19.2 Å².